The minimum absolute atomic E-state index is 0.648. The van der Waals surface area contributed by atoms with Gasteiger partial charge in [0.1, 0.15) is 0 Å². The molecule has 3 rings (SSSR count). The van der Waals surface area contributed by atoms with Crippen molar-refractivity contribution in [2.24, 2.45) is 0 Å². The third-order valence-electron chi connectivity index (χ3n) is 4.41. The molecule has 1 aromatic rings. The van der Waals surface area contributed by atoms with Crippen molar-refractivity contribution in [1.29, 1.82) is 0 Å². The van der Waals surface area contributed by atoms with Gasteiger partial charge in [-0.15, -0.1) is 0 Å². The van der Waals surface area contributed by atoms with E-state index in [0.717, 1.165) is 22.1 Å². The van der Waals surface area contributed by atoms with Gasteiger partial charge < -0.3 is 10.2 Å². The molecule has 2 fully saturated rings. The molecule has 19 heavy (non-hydrogen) atoms. The number of hydrogen-bond donors (Lipinski definition) is 1. The van der Waals surface area contributed by atoms with E-state index in [-0.39, 0.29) is 0 Å². The Morgan fingerprint density at radius 1 is 1.32 bits per heavy atom. The number of nitrogens with one attached hydrogen (secondary N) is 1. The molecule has 0 saturated carbocycles. The van der Waals surface area contributed by atoms with Gasteiger partial charge in [-0.05, 0) is 62.5 Å². The van der Waals surface area contributed by atoms with Crippen LogP contribution < -0.4 is 5.32 Å². The molecule has 1 aromatic carbocycles. The normalized spacial score (nSPS) is 27.5. The van der Waals surface area contributed by atoms with Gasteiger partial charge in [0, 0.05) is 28.1 Å². The van der Waals surface area contributed by atoms with Crippen molar-refractivity contribution in [3.05, 3.63) is 33.3 Å². The summed E-state index contributed by atoms with van der Waals surface area (Å²) >= 11 is 9.74. The summed E-state index contributed by atoms with van der Waals surface area (Å²) in [6.45, 7) is 3.44. The molecule has 0 bridgehead atoms. The number of rotatable bonds is 3. The zero-order valence-electron chi connectivity index (χ0n) is 11.0. The molecule has 0 aliphatic carbocycles. The first-order valence-corrected chi connectivity index (χ1v) is 8.31. The van der Waals surface area contributed by atoms with Crippen LogP contribution in [-0.4, -0.2) is 30.1 Å². The van der Waals surface area contributed by atoms with Crippen molar-refractivity contribution in [3.63, 3.8) is 0 Å². The van der Waals surface area contributed by atoms with E-state index >= 15 is 0 Å². The molecule has 2 saturated heterocycles. The van der Waals surface area contributed by atoms with E-state index in [9.17, 15) is 0 Å². The summed E-state index contributed by atoms with van der Waals surface area (Å²) in [5, 5.41) is 4.54. The standard InChI is InChI=1S/C15H20BrClN2/c16-12-3-4-15(17)11(8-12)10-18-13-5-7-19-6-1-2-14(19)9-13/h3-4,8,13-14,18H,1-2,5-7,9-10H2. The second-order valence-electron chi connectivity index (χ2n) is 5.67. The first-order valence-electron chi connectivity index (χ1n) is 7.14. The van der Waals surface area contributed by atoms with Gasteiger partial charge in [-0.2, -0.15) is 0 Å². The number of piperidine rings is 1. The zero-order chi connectivity index (χ0) is 13.2. The summed E-state index contributed by atoms with van der Waals surface area (Å²) in [5.41, 5.74) is 1.19. The lowest BCUT2D eigenvalue weighted by atomic mass is 9.97. The third kappa shape index (κ3) is 3.33. The molecule has 4 heteroatoms. The predicted molar refractivity (Wildman–Crippen MR) is 83.6 cm³/mol. The highest BCUT2D eigenvalue weighted by Crippen LogP contribution is 2.27. The molecule has 2 aliphatic rings. The van der Waals surface area contributed by atoms with Crippen LogP contribution in [0.3, 0.4) is 0 Å². The van der Waals surface area contributed by atoms with Crippen LogP contribution in [0.25, 0.3) is 0 Å². The largest absolute Gasteiger partial charge is 0.310 e. The minimum Gasteiger partial charge on any atom is -0.310 e. The molecule has 104 valence electrons. The predicted octanol–water partition coefficient (Wildman–Crippen LogP) is 3.82. The fraction of sp³-hybridized carbons (Fsp3) is 0.600. The van der Waals surface area contributed by atoms with Crippen molar-refractivity contribution in [3.8, 4) is 0 Å². The Kier molecular flexibility index (Phi) is 4.47. The van der Waals surface area contributed by atoms with Gasteiger partial charge in [0.2, 0.25) is 0 Å². The van der Waals surface area contributed by atoms with Crippen molar-refractivity contribution in [1.82, 2.24) is 10.2 Å². The van der Waals surface area contributed by atoms with Crippen LogP contribution in [0.1, 0.15) is 31.2 Å². The SMILES string of the molecule is Clc1ccc(Br)cc1CNC1CCN2CCCC2C1. The maximum absolute atomic E-state index is 6.23. The van der Waals surface area contributed by atoms with Crippen molar-refractivity contribution < 1.29 is 0 Å². The van der Waals surface area contributed by atoms with E-state index in [1.54, 1.807) is 0 Å². The van der Waals surface area contributed by atoms with Gasteiger partial charge in [0.25, 0.3) is 0 Å². The fourth-order valence-corrected chi connectivity index (χ4v) is 3.94. The fourth-order valence-electron chi connectivity index (χ4n) is 3.34. The topological polar surface area (TPSA) is 15.3 Å². The lowest BCUT2D eigenvalue weighted by Gasteiger charge is -2.35. The van der Waals surface area contributed by atoms with Gasteiger partial charge in [-0.1, -0.05) is 27.5 Å². The minimum atomic E-state index is 0.648. The van der Waals surface area contributed by atoms with E-state index in [1.807, 2.05) is 12.1 Å². The Bertz CT molecular complexity index is 452. The highest BCUT2D eigenvalue weighted by atomic mass is 79.9. The van der Waals surface area contributed by atoms with Crippen LogP contribution in [0, 0.1) is 0 Å². The van der Waals surface area contributed by atoms with Gasteiger partial charge in [-0.25, -0.2) is 0 Å². The first-order chi connectivity index (χ1) is 9.22. The molecule has 2 unspecified atom stereocenters. The zero-order valence-corrected chi connectivity index (χ0v) is 13.4. The molecule has 0 radical (unpaired) electrons. The molecule has 0 spiro atoms. The summed E-state index contributed by atoms with van der Waals surface area (Å²) in [6, 6.07) is 7.53. The number of fused-ring (bicyclic) bond motifs is 1. The quantitative estimate of drug-likeness (QED) is 0.897. The average Bonchev–Trinajstić information content (AvgIpc) is 2.87. The molecular formula is C15H20BrClN2. The van der Waals surface area contributed by atoms with Crippen LogP contribution in [0.2, 0.25) is 5.02 Å². The van der Waals surface area contributed by atoms with Gasteiger partial charge >= 0.3 is 0 Å². The summed E-state index contributed by atoms with van der Waals surface area (Å²) in [6.07, 6.45) is 5.33. The van der Waals surface area contributed by atoms with Gasteiger partial charge in [0.05, 0.1) is 0 Å². The van der Waals surface area contributed by atoms with E-state index in [4.69, 9.17) is 11.6 Å². The molecule has 1 N–H and O–H groups in total. The molecule has 2 nitrogen and oxygen atoms in total. The smallest absolute Gasteiger partial charge is 0.0451 e. The van der Waals surface area contributed by atoms with Crippen molar-refractivity contribution in [2.45, 2.75) is 44.3 Å². The summed E-state index contributed by atoms with van der Waals surface area (Å²) in [7, 11) is 0. The van der Waals surface area contributed by atoms with Crippen molar-refractivity contribution >= 4 is 27.5 Å². The lowest BCUT2D eigenvalue weighted by Crippen LogP contribution is -2.45. The highest BCUT2D eigenvalue weighted by Gasteiger charge is 2.31. The monoisotopic (exact) mass is 342 g/mol. The van der Waals surface area contributed by atoms with E-state index < -0.39 is 0 Å². The molecule has 0 amide bonds. The van der Waals surface area contributed by atoms with Crippen molar-refractivity contribution in [2.75, 3.05) is 13.1 Å². The Morgan fingerprint density at radius 3 is 3.11 bits per heavy atom. The van der Waals surface area contributed by atoms with Crippen LogP contribution in [0.5, 0.6) is 0 Å². The number of hydrogen-bond acceptors (Lipinski definition) is 2. The maximum atomic E-state index is 6.23. The average molecular weight is 344 g/mol. The molecule has 0 aromatic heterocycles. The Balaban J connectivity index is 1.56. The van der Waals surface area contributed by atoms with Gasteiger partial charge in [0.15, 0.2) is 0 Å². The Labute approximate surface area is 128 Å². The molecule has 2 heterocycles. The van der Waals surface area contributed by atoms with Crippen LogP contribution in [0.4, 0.5) is 0 Å². The second-order valence-corrected chi connectivity index (χ2v) is 6.99. The summed E-state index contributed by atoms with van der Waals surface area (Å²) in [4.78, 5) is 2.66. The Hall–Kier alpha value is -0.0900. The lowest BCUT2D eigenvalue weighted by molar-refractivity contribution is 0.166. The van der Waals surface area contributed by atoms with Gasteiger partial charge in [-0.3, -0.25) is 0 Å². The van der Waals surface area contributed by atoms with Crippen LogP contribution in [0.15, 0.2) is 22.7 Å². The molecular weight excluding hydrogens is 324 g/mol. The molecule has 2 atom stereocenters. The number of halogens is 2. The number of nitrogens with zero attached hydrogens (tertiary/aromatic N) is 1. The summed E-state index contributed by atoms with van der Waals surface area (Å²) in [5.74, 6) is 0. The molecule has 2 aliphatic heterocycles. The summed E-state index contributed by atoms with van der Waals surface area (Å²) < 4.78 is 1.10. The number of benzene rings is 1. The maximum Gasteiger partial charge on any atom is 0.0451 e. The van der Waals surface area contributed by atoms with E-state index in [0.29, 0.717) is 6.04 Å². The van der Waals surface area contributed by atoms with E-state index in [2.05, 4.69) is 32.2 Å². The third-order valence-corrected chi connectivity index (χ3v) is 5.27. The van der Waals surface area contributed by atoms with Crippen LogP contribution in [-0.2, 0) is 6.54 Å². The Morgan fingerprint density at radius 2 is 2.21 bits per heavy atom. The highest BCUT2D eigenvalue weighted by molar-refractivity contribution is 9.10. The first kappa shape index (κ1) is 13.9. The second kappa shape index (κ2) is 6.13. The van der Waals surface area contributed by atoms with E-state index in [1.165, 1.54) is 44.3 Å². The van der Waals surface area contributed by atoms with Crippen LogP contribution >= 0.6 is 27.5 Å².